The third kappa shape index (κ3) is 3.07. The number of para-hydroxylation sites is 3. The predicted molar refractivity (Wildman–Crippen MR) is 190 cm³/mol. The van der Waals surface area contributed by atoms with Crippen LogP contribution in [0.4, 0.5) is 0 Å². The molecule has 2 aliphatic heterocycles. The van der Waals surface area contributed by atoms with E-state index in [1.165, 1.54) is 82.8 Å². The van der Waals surface area contributed by atoms with Crippen LogP contribution in [0, 0.1) is 0 Å². The second-order valence-electron chi connectivity index (χ2n) is 12.8. The molecule has 0 N–H and O–H groups in total. The Morgan fingerprint density at radius 2 is 1.24 bits per heavy atom. The van der Waals surface area contributed by atoms with Crippen LogP contribution in [0.15, 0.2) is 152 Å². The lowest BCUT2D eigenvalue weighted by atomic mass is 9.32. The van der Waals surface area contributed by atoms with E-state index in [0.29, 0.717) is 0 Å². The lowest BCUT2D eigenvalue weighted by Gasteiger charge is -2.36. The van der Waals surface area contributed by atoms with Gasteiger partial charge in [-0.2, -0.15) is 0 Å². The van der Waals surface area contributed by atoms with E-state index < -0.39 is 0 Å². The van der Waals surface area contributed by atoms with Crippen LogP contribution in [0.25, 0.3) is 49.7 Å². The molecule has 0 fully saturated rings. The zero-order valence-electron chi connectivity index (χ0n) is 24.9. The van der Waals surface area contributed by atoms with Crippen molar-refractivity contribution in [3.05, 3.63) is 168 Å². The van der Waals surface area contributed by atoms with E-state index in [-0.39, 0.29) is 12.6 Å². The number of ether oxygens (including phenoxy) is 1. The van der Waals surface area contributed by atoms with Crippen LogP contribution in [-0.2, 0) is 0 Å². The summed E-state index contributed by atoms with van der Waals surface area (Å²) in [5, 5.41) is 2.56. The van der Waals surface area contributed by atoms with Gasteiger partial charge >= 0.3 is 0 Å². The summed E-state index contributed by atoms with van der Waals surface area (Å²) >= 11 is 0. The molecular weight excluding hydrogens is 557 g/mol. The highest BCUT2D eigenvalue weighted by atomic mass is 16.5. The van der Waals surface area contributed by atoms with Gasteiger partial charge in [-0.25, -0.2) is 0 Å². The van der Waals surface area contributed by atoms with Gasteiger partial charge in [-0.3, -0.25) is 0 Å². The molecule has 0 saturated carbocycles. The summed E-state index contributed by atoms with van der Waals surface area (Å²) in [5.41, 5.74) is 16.9. The van der Waals surface area contributed by atoms with Crippen molar-refractivity contribution < 1.29 is 4.74 Å². The smallest absolute Gasteiger partial charge is 0.251 e. The summed E-state index contributed by atoms with van der Waals surface area (Å²) in [4.78, 5) is 0. The Hall–Kier alpha value is -5.80. The first-order chi connectivity index (χ1) is 22.8. The maximum Gasteiger partial charge on any atom is 0.251 e. The molecule has 11 rings (SSSR count). The molecule has 0 saturated heterocycles. The Balaban J connectivity index is 1.31. The average Bonchev–Trinajstić information content (AvgIpc) is 3.63. The molecule has 1 aromatic heterocycles. The van der Waals surface area contributed by atoms with Crippen molar-refractivity contribution in [2.24, 2.45) is 0 Å². The molecule has 212 valence electrons. The number of hydrogen-bond acceptors (Lipinski definition) is 1. The fourth-order valence-electron chi connectivity index (χ4n) is 8.78. The molecule has 1 unspecified atom stereocenters. The largest absolute Gasteiger partial charge is 0.458 e. The summed E-state index contributed by atoms with van der Waals surface area (Å²) < 4.78 is 9.27. The molecule has 3 heterocycles. The van der Waals surface area contributed by atoms with E-state index in [9.17, 15) is 0 Å². The zero-order chi connectivity index (χ0) is 29.9. The highest BCUT2D eigenvalue weighted by Gasteiger charge is 2.47. The zero-order valence-corrected chi connectivity index (χ0v) is 24.9. The number of hydrogen-bond donors (Lipinski definition) is 0. The number of fused-ring (bicyclic) bond motifs is 11. The van der Waals surface area contributed by atoms with Crippen molar-refractivity contribution >= 4 is 44.9 Å². The second-order valence-corrected chi connectivity index (χ2v) is 12.8. The number of rotatable bonds is 2. The van der Waals surface area contributed by atoms with E-state index in [2.05, 4.69) is 156 Å². The maximum atomic E-state index is 6.82. The van der Waals surface area contributed by atoms with E-state index >= 15 is 0 Å². The van der Waals surface area contributed by atoms with Crippen LogP contribution in [0.5, 0.6) is 11.5 Å². The van der Waals surface area contributed by atoms with Crippen molar-refractivity contribution in [2.75, 3.05) is 0 Å². The third-order valence-corrected chi connectivity index (χ3v) is 10.5. The monoisotopic (exact) mass is 583 g/mol. The molecule has 46 heavy (non-hydrogen) atoms. The van der Waals surface area contributed by atoms with Gasteiger partial charge in [-0.1, -0.05) is 115 Å². The first-order valence-corrected chi connectivity index (χ1v) is 16.1. The fraction of sp³-hybridized carbons (Fsp3) is 0.0233. The molecule has 0 spiro atoms. The van der Waals surface area contributed by atoms with Gasteiger partial charge in [0.15, 0.2) is 0 Å². The van der Waals surface area contributed by atoms with Gasteiger partial charge in [0.25, 0.3) is 6.71 Å². The van der Waals surface area contributed by atoms with Crippen molar-refractivity contribution in [2.45, 2.75) is 5.92 Å². The molecule has 3 heteroatoms. The summed E-state index contributed by atoms with van der Waals surface area (Å²) in [6.07, 6.45) is 0. The Morgan fingerprint density at radius 1 is 0.522 bits per heavy atom. The van der Waals surface area contributed by atoms with Crippen LogP contribution in [-0.4, -0.2) is 11.3 Å². The highest BCUT2D eigenvalue weighted by Crippen LogP contribution is 2.55. The van der Waals surface area contributed by atoms with Crippen LogP contribution >= 0.6 is 0 Å². The second kappa shape index (κ2) is 8.90. The summed E-state index contributed by atoms with van der Waals surface area (Å²) in [6, 6.07) is 55.5. The molecule has 2 nitrogen and oxygen atoms in total. The maximum absolute atomic E-state index is 6.82. The molecule has 8 aromatic rings. The van der Waals surface area contributed by atoms with Crippen molar-refractivity contribution in [3.8, 4) is 39.4 Å². The van der Waals surface area contributed by atoms with Crippen molar-refractivity contribution in [1.82, 2.24) is 4.57 Å². The summed E-state index contributed by atoms with van der Waals surface area (Å²) in [7, 11) is 0. The van der Waals surface area contributed by atoms with Crippen LogP contribution in [0.2, 0.25) is 0 Å². The minimum Gasteiger partial charge on any atom is -0.458 e. The number of nitrogens with zero attached hydrogens (tertiary/aromatic N) is 1. The lowest BCUT2D eigenvalue weighted by Crippen LogP contribution is -2.59. The van der Waals surface area contributed by atoms with E-state index in [0.717, 1.165) is 11.5 Å². The van der Waals surface area contributed by atoms with Gasteiger partial charge < -0.3 is 9.30 Å². The molecule has 0 amide bonds. The van der Waals surface area contributed by atoms with Crippen molar-refractivity contribution in [3.63, 3.8) is 0 Å². The first-order valence-electron chi connectivity index (χ1n) is 16.1. The van der Waals surface area contributed by atoms with Crippen LogP contribution in [0.1, 0.15) is 22.6 Å². The molecule has 0 bridgehead atoms. The quantitative estimate of drug-likeness (QED) is 0.186. The Labute approximate surface area is 267 Å². The molecule has 1 atom stereocenters. The molecule has 3 aliphatic rings. The van der Waals surface area contributed by atoms with E-state index in [1.54, 1.807) is 0 Å². The normalized spacial score (nSPS) is 14.9. The molecule has 7 aromatic carbocycles. The van der Waals surface area contributed by atoms with Crippen LogP contribution in [0.3, 0.4) is 0 Å². The molecule has 0 radical (unpaired) electrons. The third-order valence-electron chi connectivity index (χ3n) is 10.5. The standard InChI is InChI=1S/C43H26BNO/c1-3-13-26(14-4-1)30-25-39-43-42-40(29-18-7-9-19-34(29)44(43)35-20-10-12-22-38(35)46-39)33-24-37-31(23-32(33)41(30)42)28-17-8-11-21-36(28)45(37)27-15-5-2-6-16-27/h1-25,40H. The minimum atomic E-state index is 0.121. The lowest BCUT2D eigenvalue weighted by molar-refractivity contribution is 0.487. The van der Waals surface area contributed by atoms with Crippen molar-refractivity contribution in [1.29, 1.82) is 0 Å². The number of benzene rings is 7. The average molecular weight is 583 g/mol. The SMILES string of the molecule is c1ccc(-c2cc3c4c5c2-c2cc6c7ccccc7n(-c7ccccc7)c6cc2C5c2ccccc2B4c2ccccc2O3)cc1. The van der Waals surface area contributed by atoms with Gasteiger partial charge in [0.1, 0.15) is 11.5 Å². The first kappa shape index (κ1) is 24.5. The summed E-state index contributed by atoms with van der Waals surface area (Å²) in [5.74, 6) is 2.06. The van der Waals surface area contributed by atoms with Gasteiger partial charge in [-0.15, -0.1) is 0 Å². The van der Waals surface area contributed by atoms with Gasteiger partial charge in [0.05, 0.1) is 11.0 Å². The fourth-order valence-corrected chi connectivity index (χ4v) is 8.78. The van der Waals surface area contributed by atoms with E-state index in [1.807, 2.05) is 0 Å². The Kier molecular flexibility index (Phi) is 4.74. The van der Waals surface area contributed by atoms with Gasteiger partial charge in [0.2, 0.25) is 0 Å². The Morgan fingerprint density at radius 3 is 2.11 bits per heavy atom. The topological polar surface area (TPSA) is 14.2 Å². The van der Waals surface area contributed by atoms with Gasteiger partial charge in [0, 0.05) is 22.4 Å². The Bertz CT molecular complexity index is 2570. The molecule has 1 aliphatic carbocycles. The minimum absolute atomic E-state index is 0.121. The highest BCUT2D eigenvalue weighted by molar-refractivity contribution is 6.98. The van der Waals surface area contributed by atoms with E-state index in [4.69, 9.17) is 4.74 Å². The van der Waals surface area contributed by atoms with Gasteiger partial charge in [-0.05, 0) is 92.3 Å². The predicted octanol–water partition coefficient (Wildman–Crippen LogP) is 8.55. The number of aromatic nitrogens is 1. The van der Waals surface area contributed by atoms with Crippen LogP contribution < -0.4 is 21.1 Å². The molecular formula is C43H26BNO. The summed E-state index contributed by atoms with van der Waals surface area (Å²) in [6.45, 7) is 0.133.